The number of hydrogen-bond acceptors (Lipinski definition) is 6. The van der Waals surface area contributed by atoms with Crippen molar-refractivity contribution in [2.24, 2.45) is 5.73 Å². The average molecular weight is 617 g/mol. The van der Waals surface area contributed by atoms with E-state index in [1.165, 1.54) is 33.5 Å². The molecule has 37 heavy (non-hydrogen) atoms. The molecule has 2 aliphatic rings. The monoisotopic (exact) mass is 617 g/mol. The Balaban J connectivity index is 1.85. The molecule has 0 spiro atoms. The molecule has 10 nitrogen and oxygen atoms in total. The van der Waals surface area contributed by atoms with Gasteiger partial charge in [0, 0.05) is 15.3 Å². The molecule has 1 aliphatic carbocycles. The van der Waals surface area contributed by atoms with Crippen LogP contribution in [-0.4, -0.2) is 27.5 Å². The molecule has 12 heteroatoms. The van der Waals surface area contributed by atoms with Crippen molar-refractivity contribution in [3.05, 3.63) is 83.3 Å². The number of carbonyl (C=O) groups is 2. The number of hydrogen-bond donors (Lipinski definition) is 4. The summed E-state index contributed by atoms with van der Waals surface area (Å²) in [7, 11) is 0. The van der Waals surface area contributed by atoms with Crippen molar-refractivity contribution >= 4 is 57.2 Å². The van der Waals surface area contributed by atoms with Crippen molar-refractivity contribution < 1.29 is 19.3 Å². The normalized spacial score (nSPS) is 15.0. The second-order valence-corrected chi connectivity index (χ2v) is 10.1. The molecular formula is C25H23FIN6O4+. The van der Waals surface area contributed by atoms with Gasteiger partial charge in [0.2, 0.25) is 11.7 Å². The second-order valence-electron chi connectivity index (χ2n) is 8.85. The van der Waals surface area contributed by atoms with E-state index < -0.39 is 28.9 Å². The molecule has 0 bridgehead atoms. The smallest absolute Gasteiger partial charge is 0.325 e. The Morgan fingerprint density at radius 2 is 1.95 bits per heavy atom. The SMILES string of the molecule is CC1=c2c(c(=O)n(C3CC3)c(=O)n2-c2cccc(NC(=O)CN)c2)=C(Nc2ccc(I)cc2F)[NH2+]C1=O. The Kier molecular flexibility index (Phi) is 6.56. The molecule has 2 aromatic carbocycles. The standard InChI is InChI=1S/C25H22FIN6O4/c1-12-21-20(22(31-23(12)35)30-18-8-5-13(27)9-17(18)26)24(36)33(15-6-7-15)25(37)32(21)16-4-2-3-14(10-16)29-19(34)11-28/h2-5,8-10,15H,6-7,11,28H2,1H3,(H,29,34)(H2,30,31,35)/p+1. The average Bonchev–Trinajstić information content (AvgIpc) is 3.69. The number of fused-ring (bicyclic) bond motifs is 1. The maximum absolute atomic E-state index is 14.7. The molecular weight excluding hydrogens is 594 g/mol. The fourth-order valence-corrected chi connectivity index (χ4v) is 4.77. The van der Waals surface area contributed by atoms with E-state index in [-0.39, 0.29) is 40.2 Å². The van der Waals surface area contributed by atoms with Crippen molar-refractivity contribution in [1.82, 2.24) is 9.13 Å². The van der Waals surface area contributed by atoms with Crippen molar-refractivity contribution in [2.75, 3.05) is 17.2 Å². The Morgan fingerprint density at radius 1 is 1.19 bits per heavy atom. The third-order valence-electron chi connectivity index (χ3n) is 6.25. The van der Waals surface area contributed by atoms with Gasteiger partial charge in [0.05, 0.1) is 28.8 Å². The van der Waals surface area contributed by atoms with Gasteiger partial charge < -0.3 is 16.4 Å². The Morgan fingerprint density at radius 3 is 2.62 bits per heavy atom. The highest BCUT2D eigenvalue weighted by Crippen LogP contribution is 2.32. The number of rotatable bonds is 6. The van der Waals surface area contributed by atoms with Gasteiger partial charge in [0.15, 0.2) is 0 Å². The van der Waals surface area contributed by atoms with Crippen LogP contribution in [0.3, 0.4) is 0 Å². The molecule has 1 saturated carbocycles. The summed E-state index contributed by atoms with van der Waals surface area (Å²) in [6.07, 6.45) is 1.33. The highest BCUT2D eigenvalue weighted by Gasteiger charge is 2.33. The summed E-state index contributed by atoms with van der Waals surface area (Å²) >= 11 is 1.98. The predicted octanol–water partition coefficient (Wildman–Crippen LogP) is -0.573. The number of nitrogens with zero attached hydrogens (tertiary/aromatic N) is 2. The number of quaternary nitrogens is 1. The molecule has 1 aliphatic heterocycles. The summed E-state index contributed by atoms with van der Waals surface area (Å²) in [4.78, 5) is 52.3. The summed E-state index contributed by atoms with van der Waals surface area (Å²) < 4.78 is 17.9. The highest BCUT2D eigenvalue weighted by atomic mass is 127. The van der Waals surface area contributed by atoms with E-state index in [1.54, 1.807) is 30.3 Å². The van der Waals surface area contributed by atoms with E-state index >= 15 is 0 Å². The van der Waals surface area contributed by atoms with Crippen LogP contribution in [0, 0.1) is 9.39 Å². The second kappa shape index (κ2) is 9.68. The first kappa shape index (κ1) is 25.0. The van der Waals surface area contributed by atoms with Crippen LogP contribution in [0.2, 0.25) is 0 Å². The lowest BCUT2D eigenvalue weighted by Gasteiger charge is -2.18. The molecule has 0 radical (unpaired) electrons. The van der Waals surface area contributed by atoms with Crippen LogP contribution in [0.1, 0.15) is 25.8 Å². The van der Waals surface area contributed by atoms with Gasteiger partial charge in [0.25, 0.3) is 5.56 Å². The van der Waals surface area contributed by atoms with Gasteiger partial charge in [-0.15, -0.1) is 0 Å². The maximum Gasteiger partial charge on any atom is 0.346 e. The molecule has 2 heterocycles. The lowest BCUT2D eigenvalue weighted by Crippen LogP contribution is -2.91. The number of aromatic nitrogens is 2. The maximum atomic E-state index is 14.7. The van der Waals surface area contributed by atoms with Crippen molar-refractivity contribution in [2.45, 2.75) is 25.8 Å². The van der Waals surface area contributed by atoms with Gasteiger partial charge >= 0.3 is 11.6 Å². The third-order valence-corrected chi connectivity index (χ3v) is 6.92. The van der Waals surface area contributed by atoms with Crippen LogP contribution < -0.4 is 43.5 Å². The number of amides is 2. The molecule has 5 rings (SSSR count). The quantitative estimate of drug-likeness (QED) is 0.273. The summed E-state index contributed by atoms with van der Waals surface area (Å²) in [6.45, 7) is 1.32. The van der Waals surface area contributed by atoms with Crippen molar-refractivity contribution in [3.8, 4) is 5.69 Å². The zero-order valence-corrected chi connectivity index (χ0v) is 21.8. The summed E-state index contributed by atoms with van der Waals surface area (Å²) in [5.41, 5.74) is 5.28. The molecule has 0 saturated heterocycles. The van der Waals surface area contributed by atoms with E-state index in [1.807, 2.05) is 22.6 Å². The zero-order chi connectivity index (χ0) is 26.4. The Hall–Kier alpha value is -3.62. The number of carbonyl (C=O) groups excluding carboxylic acids is 2. The lowest BCUT2D eigenvalue weighted by atomic mass is 10.1. The molecule has 190 valence electrons. The van der Waals surface area contributed by atoms with Gasteiger partial charge in [-0.25, -0.2) is 19.3 Å². The number of halogens is 2. The molecule has 1 fully saturated rings. The first-order valence-electron chi connectivity index (χ1n) is 11.5. The number of nitrogens with two attached hydrogens (primary N) is 2. The van der Waals surface area contributed by atoms with E-state index in [4.69, 9.17) is 5.73 Å². The van der Waals surface area contributed by atoms with Crippen LogP contribution in [0.25, 0.3) is 17.1 Å². The van der Waals surface area contributed by atoms with Crippen LogP contribution in [0.4, 0.5) is 15.8 Å². The Bertz CT molecular complexity index is 1720. The number of benzene rings is 2. The van der Waals surface area contributed by atoms with E-state index in [2.05, 4.69) is 10.6 Å². The molecule has 0 unspecified atom stereocenters. The molecule has 0 atom stereocenters. The van der Waals surface area contributed by atoms with E-state index in [9.17, 15) is 23.6 Å². The zero-order valence-electron chi connectivity index (χ0n) is 19.7. The number of anilines is 2. The van der Waals surface area contributed by atoms with Crippen LogP contribution in [-0.2, 0) is 9.59 Å². The van der Waals surface area contributed by atoms with Crippen LogP contribution >= 0.6 is 22.6 Å². The van der Waals surface area contributed by atoms with E-state index in [0.717, 1.165) is 0 Å². The fourth-order valence-electron chi connectivity index (χ4n) is 4.31. The van der Waals surface area contributed by atoms with Crippen molar-refractivity contribution in [3.63, 3.8) is 0 Å². The van der Waals surface area contributed by atoms with Crippen molar-refractivity contribution in [1.29, 1.82) is 0 Å². The fraction of sp³-hybridized carbons (Fsp3) is 0.200. The number of nitrogens with one attached hydrogen (secondary N) is 2. The minimum absolute atomic E-state index is 0.0894. The topological polar surface area (TPSA) is 145 Å². The third kappa shape index (κ3) is 4.63. The lowest BCUT2D eigenvalue weighted by molar-refractivity contribution is -0.471. The first-order chi connectivity index (χ1) is 17.7. The minimum Gasteiger partial charge on any atom is -0.325 e. The van der Waals surface area contributed by atoms with Gasteiger partial charge in [0.1, 0.15) is 11.0 Å². The summed E-state index contributed by atoms with van der Waals surface area (Å²) in [6, 6.07) is 10.8. The molecule has 3 aromatic rings. The molecule has 1 aromatic heterocycles. The predicted molar refractivity (Wildman–Crippen MR) is 144 cm³/mol. The van der Waals surface area contributed by atoms with Gasteiger partial charge in [-0.05, 0) is 78.8 Å². The number of primary amides is 1. The summed E-state index contributed by atoms with van der Waals surface area (Å²) in [5.74, 6) is -1.29. The molecule has 2 amide bonds. The van der Waals surface area contributed by atoms with Crippen LogP contribution in [0.15, 0.2) is 52.1 Å². The van der Waals surface area contributed by atoms with Gasteiger partial charge in [-0.2, -0.15) is 0 Å². The first-order valence-corrected chi connectivity index (χ1v) is 12.6. The largest absolute Gasteiger partial charge is 0.346 e. The Labute approximate surface area is 222 Å². The van der Waals surface area contributed by atoms with Gasteiger partial charge in [-0.3, -0.25) is 18.7 Å². The van der Waals surface area contributed by atoms with Gasteiger partial charge in [-0.1, -0.05) is 6.07 Å². The molecule has 6 N–H and O–H groups in total. The summed E-state index contributed by atoms with van der Waals surface area (Å²) in [5, 5.41) is 7.02. The van der Waals surface area contributed by atoms with E-state index in [0.29, 0.717) is 27.8 Å². The highest BCUT2D eigenvalue weighted by molar-refractivity contribution is 14.1. The minimum atomic E-state index is -0.595. The van der Waals surface area contributed by atoms with Crippen LogP contribution in [0.5, 0.6) is 0 Å².